The summed E-state index contributed by atoms with van der Waals surface area (Å²) in [6.45, 7) is 2.05. The van der Waals surface area contributed by atoms with Crippen molar-refractivity contribution >= 4 is 5.90 Å². The SMILES string of the molecule is CCCC1CCC23OC(=N)C(C#N)(C2C1)C(C#N)(C#N)C(c1ccc(C(F)(F)F)cc1)O3. The van der Waals surface area contributed by atoms with Gasteiger partial charge in [0.15, 0.2) is 5.41 Å². The van der Waals surface area contributed by atoms with Crippen LogP contribution in [0.2, 0.25) is 0 Å². The number of hydrogen-bond acceptors (Lipinski definition) is 6. The quantitative estimate of drug-likeness (QED) is 0.688. The van der Waals surface area contributed by atoms with E-state index in [0.29, 0.717) is 12.8 Å². The maximum Gasteiger partial charge on any atom is 0.416 e. The maximum atomic E-state index is 13.0. The first-order chi connectivity index (χ1) is 15.1. The van der Waals surface area contributed by atoms with Gasteiger partial charge in [-0.15, -0.1) is 0 Å². The van der Waals surface area contributed by atoms with E-state index in [2.05, 4.69) is 6.07 Å². The molecule has 0 amide bonds. The van der Waals surface area contributed by atoms with Crippen LogP contribution in [0.4, 0.5) is 13.2 Å². The van der Waals surface area contributed by atoms with Crippen LogP contribution in [0.3, 0.4) is 0 Å². The summed E-state index contributed by atoms with van der Waals surface area (Å²) in [6.07, 6.45) is -2.50. The smallest absolute Gasteiger partial charge is 0.416 e. The molecule has 1 saturated carbocycles. The van der Waals surface area contributed by atoms with Crippen molar-refractivity contribution in [1.82, 2.24) is 0 Å². The van der Waals surface area contributed by atoms with Crippen LogP contribution >= 0.6 is 0 Å². The van der Waals surface area contributed by atoms with Crippen molar-refractivity contribution in [2.75, 3.05) is 0 Å². The highest BCUT2D eigenvalue weighted by Crippen LogP contribution is 2.70. The highest BCUT2D eigenvalue weighted by Gasteiger charge is 2.80. The van der Waals surface area contributed by atoms with Gasteiger partial charge in [-0.3, -0.25) is 5.41 Å². The van der Waals surface area contributed by atoms with Gasteiger partial charge in [-0.2, -0.15) is 29.0 Å². The summed E-state index contributed by atoms with van der Waals surface area (Å²) in [5, 5.41) is 39.3. The maximum absolute atomic E-state index is 13.0. The molecule has 2 aliphatic heterocycles. The van der Waals surface area contributed by atoms with Crippen LogP contribution in [-0.2, 0) is 15.7 Å². The van der Waals surface area contributed by atoms with Crippen LogP contribution < -0.4 is 0 Å². The zero-order valence-corrected chi connectivity index (χ0v) is 17.4. The third-order valence-electron chi connectivity index (χ3n) is 7.26. The predicted octanol–water partition coefficient (Wildman–Crippen LogP) is 5.24. The fourth-order valence-electron chi connectivity index (χ4n) is 5.74. The molecule has 1 aliphatic carbocycles. The van der Waals surface area contributed by atoms with E-state index in [9.17, 15) is 29.0 Å². The van der Waals surface area contributed by atoms with Crippen LogP contribution in [0.25, 0.3) is 0 Å². The summed E-state index contributed by atoms with van der Waals surface area (Å²) in [5.74, 6) is -2.29. The number of alkyl halides is 3. The van der Waals surface area contributed by atoms with Crippen LogP contribution in [0.15, 0.2) is 24.3 Å². The minimum Gasteiger partial charge on any atom is -0.447 e. The Morgan fingerprint density at radius 3 is 2.31 bits per heavy atom. The Kier molecular flexibility index (Phi) is 4.99. The lowest BCUT2D eigenvalue weighted by molar-refractivity contribution is -0.299. The normalized spacial score (nSPS) is 35.0. The van der Waals surface area contributed by atoms with Crippen LogP contribution in [0.1, 0.15) is 56.3 Å². The number of rotatable bonds is 3. The van der Waals surface area contributed by atoms with Crippen molar-refractivity contribution in [3.8, 4) is 18.2 Å². The van der Waals surface area contributed by atoms with E-state index in [-0.39, 0.29) is 11.5 Å². The Bertz CT molecular complexity index is 1050. The zero-order chi connectivity index (χ0) is 23.4. The van der Waals surface area contributed by atoms with Gasteiger partial charge in [-0.05, 0) is 36.5 Å². The van der Waals surface area contributed by atoms with Gasteiger partial charge in [-0.25, -0.2) is 0 Å². The molecule has 1 aromatic rings. The van der Waals surface area contributed by atoms with Crippen molar-refractivity contribution in [2.45, 2.75) is 57.1 Å². The largest absolute Gasteiger partial charge is 0.447 e. The molecule has 5 atom stereocenters. The second kappa shape index (κ2) is 7.22. The molecule has 2 heterocycles. The molecule has 0 aromatic heterocycles. The fourth-order valence-corrected chi connectivity index (χ4v) is 5.74. The molecule has 1 aromatic carbocycles. The first-order valence-corrected chi connectivity index (χ1v) is 10.5. The molecule has 0 spiro atoms. The molecule has 2 bridgehead atoms. The molecule has 9 heteroatoms. The highest BCUT2D eigenvalue weighted by atomic mass is 19.4. The van der Waals surface area contributed by atoms with E-state index in [1.54, 1.807) is 0 Å². The number of benzene rings is 1. The lowest BCUT2D eigenvalue weighted by Gasteiger charge is -2.52. The number of halogens is 3. The molecule has 3 aliphatic rings. The van der Waals surface area contributed by atoms with Crippen molar-refractivity contribution in [2.24, 2.45) is 22.7 Å². The monoisotopic (exact) mass is 442 g/mol. The van der Waals surface area contributed by atoms with E-state index in [1.165, 1.54) is 0 Å². The number of nitrogens with zero attached hydrogens (tertiary/aromatic N) is 3. The van der Waals surface area contributed by atoms with E-state index in [4.69, 9.17) is 14.9 Å². The molecule has 5 unspecified atom stereocenters. The van der Waals surface area contributed by atoms with Gasteiger partial charge in [0.25, 0.3) is 0 Å². The third kappa shape index (κ3) is 2.69. The van der Waals surface area contributed by atoms with Gasteiger partial charge >= 0.3 is 6.18 Å². The highest BCUT2D eigenvalue weighted by molar-refractivity contribution is 5.89. The average Bonchev–Trinajstić information content (AvgIpc) is 2.97. The van der Waals surface area contributed by atoms with Gasteiger partial charge < -0.3 is 9.47 Å². The standard InChI is InChI=1S/C23H21F3N4O2/c1-2-3-14-8-9-22-17(10-14)21(13-29,19(30)32-22)20(11-27,12-28)18(31-22)15-4-6-16(7-5-15)23(24,25)26/h4-7,14,17-18,30H,2-3,8-10H2,1H3. The Balaban J connectivity index is 1.87. The van der Waals surface area contributed by atoms with Gasteiger partial charge in [0, 0.05) is 6.42 Å². The zero-order valence-electron chi connectivity index (χ0n) is 17.4. The van der Waals surface area contributed by atoms with E-state index < -0.39 is 46.3 Å². The van der Waals surface area contributed by atoms with Gasteiger partial charge in [0.1, 0.15) is 6.10 Å². The second-order valence-corrected chi connectivity index (χ2v) is 8.79. The van der Waals surface area contributed by atoms with Crippen LogP contribution in [-0.4, -0.2) is 11.7 Å². The molecular weight excluding hydrogens is 421 g/mol. The number of ether oxygens (including phenoxy) is 2. The molecule has 32 heavy (non-hydrogen) atoms. The van der Waals surface area contributed by atoms with E-state index in [0.717, 1.165) is 43.5 Å². The lowest BCUT2D eigenvalue weighted by atomic mass is 9.50. The van der Waals surface area contributed by atoms with Gasteiger partial charge in [0.2, 0.25) is 17.1 Å². The van der Waals surface area contributed by atoms with Crippen LogP contribution in [0.5, 0.6) is 0 Å². The van der Waals surface area contributed by atoms with Crippen molar-refractivity contribution in [3.63, 3.8) is 0 Å². The van der Waals surface area contributed by atoms with Crippen molar-refractivity contribution in [1.29, 1.82) is 21.2 Å². The Morgan fingerprint density at radius 2 is 1.78 bits per heavy atom. The summed E-state index contributed by atoms with van der Waals surface area (Å²) in [6, 6.07) is 9.98. The Hall–Kier alpha value is -3.09. The lowest BCUT2D eigenvalue weighted by Crippen LogP contribution is -2.61. The van der Waals surface area contributed by atoms with Gasteiger partial charge in [-0.1, -0.05) is 31.9 Å². The molecule has 1 N–H and O–H groups in total. The summed E-state index contributed by atoms with van der Waals surface area (Å²) >= 11 is 0. The topological polar surface area (TPSA) is 114 Å². The summed E-state index contributed by atoms with van der Waals surface area (Å²) < 4.78 is 51.2. The third-order valence-corrected chi connectivity index (χ3v) is 7.26. The minimum atomic E-state index is -4.55. The average molecular weight is 442 g/mol. The number of hydrogen-bond donors (Lipinski definition) is 1. The molecule has 6 nitrogen and oxygen atoms in total. The molecule has 166 valence electrons. The predicted molar refractivity (Wildman–Crippen MR) is 104 cm³/mol. The molecule has 0 radical (unpaired) electrons. The molecule has 3 fully saturated rings. The summed E-state index contributed by atoms with van der Waals surface area (Å²) in [5.41, 5.74) is -4.76. The van der Waals surface area contributed by atoms with Gasteiger partial charge in [0.05, 0.1) is 29.7 Å². The fraction of sp³-hybridized carbons (Fsp3) is 0.565. The number of nitrogens with one attached hydrogen (secondary N) is 1. The summed E-state index contributed by atoms with van der Waals surface area (Å²) in [7, 11) is 0. The first kappa shape index (κ1) is 22.1. The van der Waals surface area contributed by atoms with Crippen molar-refractivity contribution in [3.05, 3.63) is 35.4 Å². The molecule has 4 rings (SSSR count). The molecular formula is C23H21F3N4O2. The van der Waals surface area contributed by atoms with Crippen LogP contribution in [0, 0.1) is 62.1 Å². The Morgan fingerprint density at radius 1 is 1.12 bits per heavy atom. The second-order valence-electron chi connectivity index (χ2n) is 8.79. The van der Waals surface area contributed by atoms with E-state index in [1.807, 2.05) is 19.1 Å². The Labute approximate surface area is 183 Å². The minimum absolute atomic E-state index is 0.160. The van der Waals surface area contributed by atoms with E-state index >= 15 is 0 Å². The number of nitriles is 3. The first-order valence-electron chi connectivity index (χ1n) is 10.5. The van der Waals surface area contributed by atoms with Crippen molar-refractivity contribution < 1.29 is 22.6 Å². The summed E-state index contributed by atoms with van der Waals surface area (Å²) in [4.78, 5) is 0. The molecule has 2 saturated heterocycles.